The molecule has 4 rings (SSSR count). The Morgan fingerprint density at radius 3 is 2.03 bits per heavy atom. The highest BCUT2D eigenvalue weighted by Crippen LogP contribution is 2.44. The number of hydrogen-bond acceptors (Lipinski definition) is 3. The minimum absolute atomic E-state index is 0.0450. The van der Waals surface area contributed by atoms with Gasteiger partial charge in [-0.3, -0.25) is 4.79 Å². The van der Waals surface area contributed by atoms with E-state index in [2.05, 4.69) is 43.4 Å². The largest absolute Gasteiger partial charge is 0.481 e. The van der Waals surface area contributed by atoms with Crippen LogP contribution >= 0.6 is 0 Å². The van der Waals surface area contributed by atoms with E-state index in [1.54, 1.807) is 0 Å². The van der Waals surface area contributed by atoms with E-state index in [1.807, 2.05) is 48.5 Å². The maximum atomic E-state index is 12.7. The van der Waals surface area contributed by atoms with Crippen molar-refractivity contribution < 1.29 is 19.4 Å². The summed E-state index contributed by atoms with van der Waals surface area (Å²) in [6.45, 7) is 4.49. The topological polar surface area (TPSA) is 75.6 Å². The Kier molecular flexibility index (Phi) is 6.78. The summed E-state index contributed by atoms with van der Waals surface area (Å²) in [7, 11) is 0. The molecule has 0 heterocycles. The molecule has 3 aromatic carbocycles. The number of hydrogen-bond donors (Lipinski definition) is 2. The molecule has 170 valence electrons. The third-order valence-corrected chi connectivity index (χ3v) is 6.04. The van der Waals surface area contributed by atoms with Gasteiger partial charge in [0.1, 0.15) is 6.61 Å². The maximum absolute atomic E-state index is 12.7. The quantitative estimate of drug-likeness (QED) is 0.452. The van der Waals surface area contributed by atoms with Gasteiger partial charge < -0.3 is 15.2 Å². The Bertz CT molecular complexity index is 1090. The Labute approximate surface area is 194 Å². The van der Waals surface area contributed by atoms with E-state index in [4.69, 9.17) is 4.74 Å². The van der Waals surface area contributed by atoms with Gasteiger partial charge in [0, 0.05) is 5.92 Å². The summed E-state index contributed by atoms with van der Waals surface area (Å²) in [5.74, 6) is -0.494. The summed E-state index contributed by atoms with van der Waals surface area (Å²) in [5.41, 5.74) is 6.52. The number of rotatable bonds is 8. The molecule has 3 aromatic rings. The first-order valence-electron chi connectivity index (χ1n) is 11.3. The van der Waals surface area contributed by atoms with Crippen LogP contribution in [0, 0.1) is 5.92 Å². The molecule has 0 saturated heterocycles. The molecule has 1 aliphatic carbocycles. The van der Waals surface area contributed by atoms with E-state index < -0.39 is 18.1 Å². The van der Waals surface area contributed by atoms with Crippen molar-refractivity contribution in [3.63, 3.8) is 0 Å². The van der Waals surface area contributed by atoms with Crippen molar-refractivity contribution in [1.82, 2.24) is 5.32 Å². The molecule has 0 aromatic heterocycles. The lowest BCUT2D eigenvalue weighted by atomic mass is 9.98. The highest BCUT2D eigenvalue weighted by Gasteiger charge is 2.29. The SMILES string of the molecule is CC(C)Cc1ccc(C(CC(=O)O)NC(=O)OCC2c3ccccc3-c3ccccc32)cc1. The molecule has 1 aliphatic rings. The average molecular weight is 444 g/mol. The van der Waals surface area contributed by atoms with E-state index in [9.17, 15) is 14.7 Å². The van der Waals surface area contributed by atoms with Crippen LogP contribution in [0.3, 0.4) is 0 Å². The molecule has 1 atom stereocenters. The lowest BCUT2D eigenvalue weighted by Gasteiger charge is -2.19. The van der Waals surface area contributed by atoms with Gasteiger partial charge in [-0.2, -0.15) is 0 Å². The number of fused-ring (bicyclic) bond motifs is 3. The minimum atomic E-state index is -0.981. The van der Waals surface area contributed by atoms with Gasteiger partial charge in [0.05, 0.1) is 12.5 Å². The highest BCUT2D eigenvalue weighted by atomic mass is 16.5. The van der Waals surface area contributed by atoms with Crippen molar-refractivity contribution >= 4 is 12.1 Å². The first-order chi connectivity index (χ1) is 15.9. The Morgan fingerprint density at radius 1 is 0.909 bits per heavy atom. The van der Waals surface area contributed by atoms with Gasteiger partial charge in [-0.25, -0.2) is 4.79 Å². The van der Waals surface area contributed by atoms with Gasteiger partial charge in [0.15, 0.2) is 0 Å². The molecular weight excluding hydrogens is 414 g/mol. The zero-order valence-electron chi connectivity index (χ0n) is 19.0. The fourth-order valence-electron chi connectivity index (χ4n) is 4.57. The van der Waals surface area contributed by atoms with Crippen molar-refractivity contribution in [2.45, 2.75) is 38.6 Å². The van der Waals surface area contributed by atoms with Gasteiger partial charge in [0.25, 0.3) is 0 Å². The van der Waals surface area contributed by atoms with Gasteiger partial charge in [-0.05, 0) is 45.7 Å². The molecule has 5 heteroatoms. The van der Waals surface area contributed by atoms with Crippen LogP contribution in [0.1, 0.15) is 54.5 Å². The molecule has 0 aliphatic heterocycles. The van der Waals surface area contributed by atoms with Crippen LogP contribution in [-0.4, -0.2) is 23.8 Å². The van der Waals surface area contributed by atoms with Crippen LogP contribution in [0.25, 0.3) is 11.1 Å². The van der Waals surface area contributed by atoms with E-state index in [-0.39, 0.29) is 18.9 Å². The Balaban J connectivity index is 1.45. The number of carbonyl (C=O) groups is 2. The zero-order chi connectivity index (χ0) is 23.4. The molecule has 2 N–H and O–H groups in total. The van der Waals surface area contributed by atoms with Crippen LogP contribution in [0.4, 0.5) is 4.79 Å². The number of aliphatic carboxylic acids is 1. The lowest BCUT2D eigenvalue weighted by Crippen LogP contribution is -2.31. The average Bonchev–Trinajstić information content (AvgIpc) is 3.11. The molecule has 0 fully saturated rings. The van der Waals surface area contributed by atoms with E-state index in [0.717, 1.165) is 34.2 Å². The third-order valence-electron chi connectivity index (χ3n) is 6.04. The van der Waals surface area contributed by atoms with Crippen LogP contribution in [-0.2, 0) is 16.0 Å². The molecule has 33 heavy (non-hydrogen) atoms. The second kappa shape index (κ2) is 9.90. The van der Waals surface area contributed by atoms with Gasteiger partial charge in [-0.1, -0.05) is 86.6 Å². The van der Waals surface area contributed by atoms with Crippen molar-refractivity contribution in [3.8, 4) is 11.1 Å². The molecule has 0 bridgehead atoms. The second-order valence-corrected chi connectivity index (χ2v) is 8.96. The molecule has 5 nitrogen and oxygen atoms in total. The number of amides is 1. The minimum Gasteiger partial charge on any atom is -0.481 e. The van der Waals surface area contributed by atoms with Gasteiger partial charge in [-0.15, -0.1) is 0 Å². The monoisotopic (exact) mass is 443 g/mol. The fraction of sp³-hybridized carbons (Fsp3) is 0.286. The fourth-order valence-corrected chi connectivity index (χ4v) is 4.57. The first kappa shape index (κ1) is 22.6. The molecular formula is C28H29NO4. The summed E-state index contributed by atoms with van der Waals surface area (Å²) in [6, 6.07) is 23.4. The molecule has 0 radical (unpaired) electrons. The van der Waals surface area contributed by atoms with Crippen molar-refractivity contribution in [2.75, 3.05) is 6.61 Å². The number of carbonyl (C=O) groups excluding carboxylic acids is 1. The summed E-state index contributed by atoms with van der Waals surface area (Å²) in [6.07, 6.45) is 0.117. The predicted molar refractivity (Wildman–Crippen MR) is 128 cm³/mol. The number of carboxylic acid groups (broad SMARTS) is 1. The smallest absolute Gasteiger partial charge is 0.407 e. The van der Waals surface area contributed by atoms with Crippen LogP contribution in [0.2, 0.25) is 0 Å². The number of nitrogens with one attached hydrogen (secondary N) is 1. The van der Waals surface area contributed by atoms with E-state index in [1.165, 1.54) is 5.56 Å². The number of carboxylic acids is 1. The summed E-state index contributed by atoms with van der Waals surface area (Å²) >= 11 is 0. The number of alkyl carbamates (subject to hydrolysis) is 1. The summed E-state index contributed by atoms with van der Waals surface area (Å²) in [5, 5.41) is 12.1. The van der Waals surface area contributed by atoms with E-state index in [0.29, 0.717) is 5.92 Å². The first-order valence-corrected chi connectivity index (χ1v) is 11.3. The number of benzene rings is 3. The van der Waals surface area contributed by atoms with Crippen molar-refractivity contribution in [2.24, 2.45) is 5.92 Å². The van der Waals surface area contributed by atoms with Crippen LogP contribution in [0.5, 0.6) is 0 Å². The van der Waals surface area contributed by atoms with E-state index >= 15 is 0 Å². The number of ether oxygens (including phenoxy) is 1. The summed E-state index contributed by atoms with van der Waals surface area (Å²) < 4.78 is 5.61. The molecule has 1 unspecified atom stereocenters. The third kappa shape index (κ3) is 5.25. The maximum Gasteiger partial charge on any atom is 0.407 e. The molecule has 0 spiro atoms. The Morgan fingerprint density at radius 2 is 1.48 bits per heavy atom. The van der Waals surface area contributed by atoms with Crippen molar-refractivity contribution in [3.05, 3.63) is 95.1 Å². The normalized spacial score (nSPS) is 13.3. The standard InChI is InChI=1S/C28H29NO4/c1-18(2)15-19-11-13-20(14-12-19)26(16-27(30)31)29-28(32)33-17-25-23-9-5-3-7-21(23)22-8-4-6-10-24(22)25/h3-14,18,25-26H,15-17H2,1-2H3,(H,29,32)(H,30,31). The predicted octanol–water partition coefficient (Wildman–Crippen LogP) is 5.94. The molecule has 1 amide bonds. The van der Waals surface area contributed by atoms with Gasteiger partial charge in [0.2, 0.25) is 0 Å². The van der Waals surface area contributed by atoms with Crippen molar-refractivity contribution in [1.29, 1.82) is 0 Å². The van der Waals surface area contributed by atoms with Crippen LogP contribution in [0.15, 0.2) is 72.8 Å². The van der Waals surface area contributed by atoms with Crippen LogP contribution < -0.4 is 5.32 Å². The lowest BCUT2D eigenvalue weighted by molar-refractivity contribution is -0.137. The Hall–Kier alpha value is -3.60. The summed E-state index contributed by atoms with van der Waals surface area (Å²) in [4.78, 5) is 24.1. The highest BCUT2D eigenvalue weighted by molar-refractivity contribution is 5.79. The van der Waals surface area contributed by atoms with Gasteiger partial charge >= 0.3 is 12.1 Å². The zero-order valence-corrected chi connectivity index (χ0v) is 19.0. The molecule has 0 saturated carbocycles. The second-order valence-electron chi connectivity index (χ2n) is 8.96.